The third kappa shape index (κ3) is 5.74. The molecule has 30 heavy (non-hydrogen) atoms. The molecule has 0 radical (unpaired) electrons. The summed E-state index contributed by atoms with van der Waals surface area (Å²) in [5.41, 5.74) is 0.346. The summed E-state index contributed by atoms with van der Waals surface area (Å²) >= 11 is 0. The summed E-state index contributed by atoms with van der Waals surface area (Å²) in [5, 5.41) is 0. The number of likely N-dealkylation sites (tertiary alicyclic amines) is 2. The molecular weight excluding hydrogens is 384 g/mol. The van der Waals surface area contributed by atoms with Gasteiger partial charge in [-0.3, -0.25) is 9.59 Å². The lowest BCUT2D eigenvalue weighted by molar-refractivity contribution is -0.139. The second kappa shape index (κ2) is 10.5. The molecule has 0 bridgehead atoms. The number of benzene rings is 1. The Bertz CT molecular complexity index is 732. The van der Waals surface area contributed by atoms with Crippen molar-refractivity contribution in [2.24, 2.45) is 0 Å². The summed E-state index contributed by atoms with van der Waals surface area (Å²) < 4.78 is 10.8. The minimum atomic E-state index is -0.543. The fourth-order valence-electron chi connectivity index (χ4n) is 4.26. The first-order chi connectivity index (χ1) is 14.5. The third-order valence-electron chi connectivity index (χ3n) is 5.97. The van der Waals surface area contributed by atoms with Gasteiger partial charge in [-0.05, 0) is 76.6 Å². The van der Waals surface area contributed by atoms with Crippen LogP contribution in [0.2, 0.25) is 0 Å². The van der Waals surface area contributed by atoms with Crippen molar-refractivity contribution in [1.29, 1.82) is 0 Å². The molecule has 7 heteroatoms. The first-order valence-corrected chi connectivity index (χ1v) is 10.9. The standard InChI is InChI=1S/C23H32N2O5/c1-17-7-6-8-18(2)25(17)22(27)16-29-20-11-9-19(10-12-20)23(28)30-15-21(26)24-13-4-3-5-14-24/h9-12,17-18H,3-8,13-16H2,1-2H3. The molecular formula is C23H32N2O5. The molecule has 2 atom stereocenters. The molecule has 2 amide bonds. The quantitative estimate of drug-likeness (QED) is 0.667. The van der Waals surface area contributed by atoms with Crippen LogP contribution in [-0.2, 0) is 14.3 Å². The van der Waals surface area contributed by atoms with Crippen LogP contribution in [0.25, 0.3) is 0 Å². The second-order valence-corrected chi connectivity index (χ2v) is 8.26. The van der Waals surface area contributed by atoms with E-state index in [-0.39, 0.29) is 37.1 Å². The summed E-state index contributed by atoms with van der Waals surface area (Å²) in [5.74, 6) is -0.197. The molecule has 2 heterocycles. The van der Waals surface area contributed by atoms with Crippen molar-refractivity contribution in [2.45, 2.75) is 64.5 Å². The van der Waals surface area contributed by atoms with E-state index in [1.54, 1.807) is 29.2 Å². The van der Waals surface area contributed by atoms with Gasteiger partial charge < -0.3 is 19.3 Å². The molecule has 3 rings (SSSR count). The average molecular weight is 417 g/mol. The van der Waals surface area contributed by atoms with Crippen molar-refractivity contribution in [3.05, 3.63) is 29.8 Å². The van der Waals surface area contributed by atoms with Gasteiger partial charge in [-0.2, -0.15) is 0 Å². The molecule has 2 unspecified atom stereocenters. The molecule has 0 spiro atoms. The Morgan fingerprint density at radius 3 is 2.13 bits per heavy atom. The average Bonchev–Trinajstić information content (AvgIpc) is 2.76. The Morgan fingerprint density at radius 2 is 1.50 bits per heavy atom. The van der Waals surface area contributed by atoms with Gasteiger partial charge in [0.2, 0.25) is 0 Å². The van der Waals surface area contributed by atoms with Crippen LogP contribution in [0.1, 0.15) is 62.7 Å². The van der Waals surface area contributed by atoms with Crippen molar-refractivity contribution in [1.82, 2.24) is 9.80 Å². The molecule has 7 nitrogen and oxygen atoms in total. The van der Waals surface area contributed by atoms with Crippen molar-refractivity contribution < 1.29 is 23.9 Å². The Kier molecular flexibility index (Phi) is 7.71. The molecule has 2 aliphatic rings. The Balaban J connectivity index is 1.45. The van der Waals surface area contributed by atoms with Crippen LogP contribution in [0.5, 0.6) is 5.75 Å². The van der Waals surface area contributed by atoms with Crippen LogP contribution in [0.4, 0.5) is 0 Å². The highest BCUT2D eigenvalue weighted by Gasteiger charge is 2.29. The number of carbonyl (C=O) groups is 3. The smallest absolute Gasteiger partial charge is 0.338 e. The lowest BCUT2D eigenvalue weighted by atomic mass is 9.97. The lowest BCUT2D eigenvalue weighted by Crippen LogP contribution is -2.49. The predicted molar refractivity (Wildman–Crippen MR) is 112 cm³/mol. The zero-order chi connectivity index (χ0) is 21.5. The minimum absolute atomic E-state index is 0.0191. The van der Waals surface area contributed by atoms with E-state index in [0.29, 0.717) is 11.3 Å². The molecule has 2 saturated heterocycles. The molecule has 0 N–H and O–H groups in total. The van der Waals surface area contributed by atoms with Crippen molar-refractivity contribution >= 4 is 17.8 Å². The fraction of sp³-hybridized carbons (Fsp3) is 0.609. The lowest BCUT2D eigenvalue weighted by Gasteiger charge is -2.38. The predicted octanol–water partition coefficient (Wildman–Crippen LogP) is 3.02. The second-order valence-electron chi connectivity index (χ2n) is 8.26. The zero-order valence-electron chi connectivity index (χ0n) is 18.0. The van der Waals surface area contributed by atoms with Crippen LogP contribution in [0.15, 0.2) is 24.3 Å². The normalized spacial score (nSPS) is 21.8. The number of amides is 2. The monoisotopic (exact) mass is 416 g/mol. The Labute approximate surface area is 178 Å². The molecule has 2 aliphatic heterocycles. The number of hydrogen-bond acceptors (Lipinski definition) is 5. The van der Waals surface area contributed by atoms with E-state index >= 15 is 0 Å². The van der Waals surface area contributed by atoms with Gasteiger partial charge in [0.15, 0.2) is 13.2 Å². The van der Waals surface area contributed by atoms with E-state index in [2.05, 4.69) is 13.8 Å². The number of piperidine rings is 2. The van der Waals surface area contributed by atoms with E-state index in [4.69, 9.17) is 9.47 Å². The highest BCUT2D eigenvalue weighted by Crippen LogP contribution is 2.23. The maximum absolute atomic E-state index is 12.5. The molecule has 0 saturated carbocycles. The summed E-state index contributed by atoms with van der Waals surface area (Å²) in [6.07, 6.45) is 6.33. The number of nitrogens with zero attached hydrogens (tertiary/aromatic N) is 2. The summed E-state index contributed by atoms with van der Waals surface area (Å²) in [4.78, 5) is 40.5. The van der Waals surface area contributed by atoms with Gasteiger partial charge in [0.1, 0.15) is 5.75 Å². The minimum Gasteiger partial charge on any atom is -0.484 e. The van der Waals surface area contributed by atoms with Crippen LogP contribution in [0.3, 0.4) is 0 Å². The maximum Gasteiger partial charge on any atom is 0.338 e. The summed E-state index contributed by atoms with van der Waals surface area (Å²) in [7, 11) is 0. The first-order valence-electron chi connectivity index (χ1n) is 10.9. The molecule has 1 aromatic carbocycles. The van der Waals surface area contributed by atoms with Crippen molar-refractivity contribution in [3.8, 4) is 5.75 Å². The first kappa shape index (κ1) is 22.1. The van der Waals surface area contributed by atoms with Crippen molar-refractivity contribution in [2.75, 3.05) is 26.3 Å². The van der Waals surface area contributed by atoms with Gasteiger partial charge in [-0.15, -0.1) is 0 Å². The number of carbonyl (C=O) groups excluding carboxylic acids is 3. The van der Waals surface area contributed by atoms with Crippen LogP contribution in [0, 0.1) is 0 Å². The van der Waals surface area contributed by atoms with E-state index in [9.17, 15) is 14.4 Å². The van der Waals surface area contributed by atoms with E-state index < -0.39 is 5.97 Å². The van der Waals surface area contributed by atoms with E-state index in [1.165, 1.54) is 0 Å². The highest BCUT2D eigenvalue weighted by molar-refractivity contribution is 5.91. The zero-order valence-corrected chi connectivity index (χ0v) is 18.0. The van der Waals surface area contributed by atoms with Crippen LogP contribution in [-0.4, -0.2) is 66.0 Å². The SMILES string of the molecule is CC1CCCC(C)N1C(=O)COc1ccc(C(=O)OCC(=O)N2CCCCC2)cc1. The fourth-order valence-corrected chi connectivity index (χ4v) is 4.26. The third-order valence-corrected chi connectivity index (χ3v) is 5.97. The summed E-state index contributed by atoms with van der Waals surface area (Å²) in [6, 6.07) is 6.90. The number of esters is 1. The van der Waals surface area contributed by atoms with E-state index in [0.717, 1.165) is 51.6 Å². The molecule has 164 valence electrons. The summed E-state index contributed by atoms with van der Waals surface area (Å²) in [6.45, 7) is 5.35. The van der Waals surface area contributed by atoms with Gasteiger partial charge in [0, 0.05) is 25.2 Å². The van der Waals surface area contributed by atoms with E-state index in [1.807, 2.05) is 4.90 Å². The van der Waals surface area contributed by atoms with Gasteiger partial charge in [-0.1, -0.05) is 0 Å². The largest absolute Gasteiger partial charge is 0.484 e. The topological polar surface area (TPSA) is 76.1 Å². The molecule has 0 aromatic heterocycles. The van der Waals surface area contributed by atoms with Crippen LogP contribution < -0.4 is 4.74 Å². The van der Waals surface area contributed by atoms with Gasteiger partial charge >= 0.3 is 5.97 Å². The molecule has 1 aromatic rings. The van der Waals surface area contributed by atoms with Gasteiger partial charge in [0.05, 0.1) is 5.56 Å². The highest BCUT2D eigenvalue weighted by atomic mass is 16.5. The van der Waals surface area contributed by atoms with Gasteiger partial charge in [-0.25, -0.2) is 4.79 Å². The Morgan fingerprint density at radius 1 is 0.867 bits per heavy atom. The molecule has 2 fully saturated rings. The van der Waals surface area contributed by atoms with Crippen molar-refractivity contribution in [3.63, 3.8) is 0 Å². The number of hydrogen-bond donors (Lipinski definition) is 0. The Hall–Kier alpha value is -2.57. The van der Waals surface area contributed by atoms with Gasteiger partial charge in [0.25, 0.3) is 11.8 Å². The number of ether oxygens (including phenoxy) is 2. The molecule has 0 aliphatic carbocycles. The maximum atomic E-state index is 12.5. The van der Waals surface area contributed by atoms with Crippen LogP contribution >= 0.6 is 0 Å². The number of rotatable bonds is 6.